The second-order valence-electron chi connectivity index (χ2n) is 10.9. The molecular weight excluding hydrogens is 500 g/mol. The average Bonchev–Trinajstić information content (AvgIpc) is 2.86. The van der Waals surface area contributed by atoms with Gasteiger partial charge in [0.15, 0.2) is 11.6 Å². The first kappa shape index (κ1) is 29.8. The fourth-order valence-electron chi connectivity index (χ4n) is 5.68. The van der Waals surface area contributed by atoms with Crippen LogP contribution in [0.5, 0.6) is 0 Å². The van der Waals surface area contributed by atoms with Crippen molar-refractivity contribution in [2.45, 2.75) is 84.6 Å². The summed E-state index contributed by atoms with van der Waals surface area (Å²) in [5, 5.41) is 9.72. The van der Waals surface area contributed by atoms with Crippen molar-refractivity contribution in [1.29, 1.82) is 0 Å². The number of likely N-dealkylation sites (tertiary alicyclic amines) is 1. The van der Waals surface area contributed by atoms with E-state index in [2.05, 4.69) is 25.3 Å². The molecule has 2 aromatic rings. The highest BCUT2D eigenvalue weighted by Crippen LogP contribution is 2.40. The zero-order valence-electron chi connectivity index (χ0n) is 23.3. The number of carboxylic acid groups (broad SMARTS) is 1. The van der Waals surface area contributed by atoms with Gasteiger partial charge in [0.2, 0.25) is 0 Å². The second kappa shape index (κ2) is 12.4. The van der Waals surface area contributed by atoms with Gasteiger partial charge in [-0.15, -0.1) is 0 Å². The zero-order chi connectivity index (χ0) is 28.2. The molecule has 1 aromatic heterocycles. The summed E-state index contributed by atoms with van der Waals surface area (Å²) in [5.41, 5.74) is 9.62. The number of nitrogen functional groups attached to an aromatic ring is 1. The van der Waals surface area contributed by atoms with Gasteiger partial charge in [-0.1, -0.05) is 45.0 Å². The Kier molecular flexibility index (Phi) is 9.71. The summed E-state index contributed by atoms with van der Waals surface area (Å²) < 4.78 is 0. The van der Waals surface area contributed by atoms with Crippen LogP contribution in [0.15, 0.2) is 24.8 Å². The fraction of sp³-hybridized carbons (Fsp3) is 0.533. The number of carbonyl (C=O) groups excluding carboxylic acids is 1. The number of benzene rings is 1. The van der Waals surface area contributed by atoms with Gasteiger partial charge in [-0.2, -0.15) is 0 Å². The number of carboxylic acids is 1. The summed E-state index contributed by atoms with van der Waals surface area (Å²) in [7, 11) is 0. The van der Waals surface area contributed by atoms with E-state index in [1.807, 2.05) is 39.0 Å². The Morgan fingerprint density at radius 3 is 2.45 bits per heavy atom. The Hall–Kier alpha value is -2.77. The van der Waals surface area contributed by atoms with Crippen molar-refractivity contribution in [3.8, 4) is 0 Å². The Labute approximate surface area is 231 Å². The third-order valence-electron chi connectivity index (χ3n) is 7.87. The summed E-state index contributed by atoms with van der Waals surface area (Å²) in [6.07, 6.45) is 3.66. The number of aryl methyl sites for hydroxylation is 1. The summed E-state index contributed by atoms with van der Waals surface area (Å²) in [4.78, 5) is 36.4. The number of aliphatic carboxylic acids is 1. The molecule has 0 bridgehead atoms. The highest BCUT2D eigenvalue weighted by molar-refractivity contribution is 6.30. The molecule has 0 spiro atoms. The van der Waals surface area contributed by atoms with Crippen LogP contribution < -0.4 is 5.73 Å². The number of nitrogens with two attached hydrogens (primary N) is 1. The molecule has 8 heteroatoms. The van der Waals surface area contributed by atoms with E-state index < -0.39 is 11.5 Å². The maximum Gasteiger partial charge on any atom is 0.303 e. The van der Waals surface area contributed by atoms with E-state index in [4.69, 9.17) is 32.4 Å². The lowest BCUT2D eigenvalue weighted by molar-refractivity contribution is -0.137. The van der Waals surface area contributed by atoms with E-state index in [1.165, 1.54) is 0 Å². The molecule has 38 heavy (non-hydrogen) atoms. The van der Waals surface area contributed by atoms with Crippen LogP contribution >= 0.6 is 11.6 Å². The summed E-state index contributed by atoms with van der Waals surface area (Å²) in [5.74, 6) is 0.610. The minimum Gasteiger partial charge on any atom is -0.481 e. The van der Waals surface area contributed by atoms with E-state index in [0.29, 0.717) is 59.5 Å². The molecular formula is C30H41ClN4O3. The molecule has 1 fully saturated rings. The number of Topliss-reactive ketones (excluding diaryl/α,β-unsaturated/α-hetero) is 1. The number of hydrogen-bond donors (Lipinski definition) is 2. The number of hydrogen-bond acceptors (Lipinski definition) is 6. The number of piperidine rings is 1. The SMILES string of the molecule is C=C(c1nc(C)c(C(C)(C(=O)CCC)N2CCC(CCC(=O)O)CC2)c(N)n1)c1ccc(Cl)cc1C(C)C. The molecule has 1 saturated heterocycles. The van der Waals surface area contributed by atoms with Crippen molar-refractivity contribution >= 4 is 34.7 Å². The minimum atomic E-state index is -0.967. The van der Waals surface area contributed by atoms with Crippen LogP contribution in [0, 0.1) is 12.8 Å². The molecule has 2 heterocycles. The number of ketones is 1. The normalized spacial score (nSPS) is 16.4. The predicted octanol–water partition coefficient (Wildman–Crippen LogP) is 6.37. The van der Waals surface area contributed by atoms with Gasteiger partial charge < -0.3 is 10.8 Å². The van der Waals surface area contributed by atoms with E-state index in [1.54, 1.807) is 0 Å². The monoisotopic (exact) mass is 540 g/mol. The van der Waals surface area contributed by atoms with Crippen molar-refractivity contribution in [2.75, 3.05) is 18.8 Å². The van der Waals surface area contributed by atoms with Gasteiger partial charge in [-0.25, -0.2) is 9.97 Å². The number of nitrogens with zero attached hydrogens (tertiary/aromatic N) is 3. The molecule has 1 unspecified atom stereocenters. The minimum absolute atomic E-state index is 0.0914. The van der Waals surface area contributed by atoms with Crippen LogP contribution in [0.25, 0.3) is 5.57 Å². The van der Waals surface area contributed by atoms with E-state index in [0.717, 1.165) is 30.4 Å². The van der Waals surface area contributed by atoms with Gasteiger partial charge >= 0.3 is 5.97 Å². The number of anilines is 1. The number of halogens is 1. The first-order chi connectivity index (χ1) is 17.9. The van der Waals surface area contributed by atoms with Crippen LogP contribution in [-0.4, -0.2) is 44.8 Å². The van der Waals surface area contributed by atoms with Gasteiger partial charge in [0.25, 0.3) is 0 Å². The van der Waals surface area contributed by atoms with Crippen LogP contribution in [0.1, 0.15) is 100 Å². The Morgan fingerprint density at radius 1 is 1.24 bits per heavy atom. The highest BCUT2D eigenvalue weighted by Gasteiger charge is 2.44. The number of aromatic nitrogens is 2. The second-order valence-corrected chi connectivity index (χ2v) is 11.3. The molecule has 1 atom stereocenters. The third kappa shape index (κ3) is 6.26. The van der Waals surface area contributed by atoms with Crippen molar-refractivity contribution in [2.24, 2.45) is 5.92 Å². The molecule has 0 amide bonds. The van der Waals surface area contributed by atoms with Gasteiger partial charge in [-0.05, 0) is 87.7 Å². The van der Waals surface area contributed by atoms with Gasteiger partial charge in [0, 0.05) is 34.7 Å². The van der Waals surface area contributed by atoms with Crippen molar-refractivity contribution in [3.63, 3.8) is 0 Å². The lowest BCUT2D eigenvalue weighted by Crippen LogP contribution is -2.53. The van der Waals surface area contributed by atoms with Gasteiger partial charge in [-0.3, -0.25) is 14.5 Å². The van der Waals surface area contributed by atoms with Crippen molar-refractivity contribution in [1.82, 2.24) is 14.9 Å². The molecule has 0 aliphatic carbocycles. The average molecular weight is 541 g/mol. The third-order valence-corrected chi connectivity index (χ3v) is 8.10. The molecule has 1 aliphatic heterocycles. The van der Waals surface area contributed by atoms with Crippen molar-refractivity contribution < 1.29 is 14.7 Å². The lowest BCUT2D eigenvalue weighted by atomic mass is 9.80. The van der Waals surface area contributed by atoms with E-state index >= 15 is 0 Å². The van der Waals surface area contributed by atoms with Crippen LogP contribution in [0.2, 0.25) is 5.02 Å². The molecule has 1 aliphatic rings. The Bertz CT molecular complexity index is 1180. The first-order valence-electron chi connectivity index (χ1n) is 13.5. The largest absolute Gasteiger partial charge is 0.481 e. The number of carbonyl (C=O) groups is 2. The lowest BCUT2D eigenvalue weighted by Gasteiger charge is -2.45. The summed E-state index contributed by atoms with van der Waals surface area (Å²) in [6.45, 7) is 15.7. The standard InChI is InChI=1S/C30H41ClN4O3/c1-7-8-25(36)30(6,35-15-13-21(14-16-35)9-12-26(37)38)27-20(5)33-29(34-28(27)32)19(4)23-11-10-22(31)17-24(23)18(2)3/h10-11,17-18,21H,4,7-9,12-16H2,1-3,5-6H3,(H,37,38)(H2,32,33,34). The van der Waals surface area contributed by atoms with Crippen LogP contribution in [-0.2, 0) is 15.1 Å². The smallest absolute Gasteiger partial charge is 0.303 e. The van der Waals surface area contributed by atoms with E-state index in [-0.39, 0.29) is 23.9 Å². The molecule has 3 N–H and O–H groups in total. The molecule has 7 nitrogen and oxygen atoms in total. The Balaban J connectivity index is 1.99. The van der Waals surface area contributed by atoms with E-state index in [9.17, 15) is 9.59 Å². The topological polar surface area (TPSA) is 109 Å². The highest BCUT2D eigenvalue weighted by atomic mass is 35.5. The van der Waals surface area contributed by atoms with Gasteiger partial charge in [0.05, 0.1) is 0 Å². The molecule has 3 rings (SSSR count). The summed E-state index contributed by atoms with van der Waals surface area (Å²) in [6, 6.07) is 5.71. The van der Waals surface area contributed by atoms with Crippen LogP contribution in [0.3, 0.4) is 0 Å². The first-order valence-corrected chi connectivity index (χ1v) is 13.9. The molecule has 0 saturated carbocycles. The maximum absolute atomic E-state index is 13.7. The summed E-state index contributed by atoms with van der Waals surface area (Å²) >= 11 is 6.26. The quantitative estimate of drug-likeness (QED) is 0.341. The Morgan fingerprint density at radius 2 is 1.89 bits per heavy atom. The fourth-order valence-corrected chi connectivity index (χ4v) is 5.86. The maximum atomic E-state index is 13.7. The number of rotatable bonds is 11. The molecule has 1 aromatic carbocycles. The van der Waals surface area contributed by atoms with Gasteiger partial charge in [0.1, 0.15) is 11.4 Å². The van der Waals surface area contributed by atoms with Crippen molar-refractivity contribution in [3.05, 3.63) is 58.0 Å². The predicted molar refractivity (Wildman–Crippen MR) is 153 cm³/mol. The zero-order valence-corrected chi connectivity index (χ0v) is 24.1. The molecule has 206 valence electrons. The molecule has 0 radical (unpaired) electrons. The van der Waals surface area contributed by atoms with Crippen LogP contribution in [0.4, 0.5) is 5.82 Å².